The number of para-hydroxylation sites is 1. The number of pyridine rings is 1. The highest BCUT2D eigenvalue weighted by molar-refractivity contribution is 5.53. The molecule has 106 valence electrons. The van der Waals surface area contributed by atoms with Gasteiger partial charge in [0.1, 0.15) is 0 Å². The molecule has 0 aliphatic heterocycles. The number of hydrogen-bond acceptors (Lipinski definition) is 3. The van der Waals surface area contributed by atoms with Crippen molar-refractivity contribution in [3.63, 3.8) is 0 Å². The fraction of sp³-hybridized carbons (Fsp3) is 0.353. The van der Waals surface area contributed by atoms with Crippen LogP contribution < -0.4 is 10.2 Å². The zero-order valence-electron chi connectivity index (χ0n) is 12.5. The Hall–Kier alpha value is -1.87. The van der Waals surface area contributed by atoms with Gasteiger partial charge in [-0.15, -0.1) is 0 Å². The molecule has 2 rings (SSSR count). The summed E-state index contributed by atoms with van der Waals surface area (Å²) in [7, 11) is 2.11. The van der Waals surface area contributed by atoms with Gasteiger partial charge in [0.15, 0.2) is 0 Å². The number of aromatic nitrogens is 1. The van der Waals surface area contributed by atoms with Crippen LogP contribution in [0.5, 0.6) is 0 Å². The second-order valence-corrected chi connectivity index (χ2v) is 5.34. The normalized spacial score (nSPS) is 10.8. The van der Waals surface area contributed by atoms with E-state index in [1.807, 2.05) is 18.3 Å². The predicted molar refractivity (Wildman–Crippen MR) is 84.8 cm³/mol. The Morgan fingerprint density at radius 1 is 1.10 bits per heavy atom. The van der Waals surface area contributed by atoms with Crippen molar-refractivity contribution in [3.05, 3.63) is 59.9 Å². The van der Waals surface area contributed by atoms with Crippen LogP contribution in [-0.4, -0.2) is 18.1 Å². The highest BCUT2D eigenvalue weighted by Crippen LogP contribution is 2.20. The minimum absolute atomic E-state index is 0.490. The van der Waals surface area contributed by atoms with Crippen molar-refractivity contribution in [1.29, 1.82) is 0 Å². The third-order valence-corrected chi connectivity index (χ3v) is 3.23. The standard InChI is InChI=1S/C17H23N3/c1-14(2)19-12-15-8-4-5-10-17(15)20(3)13-16-9-6-7-11-18-16/h4-11,14,19H,12-13H2,1-3H3. The van der Waals surface area contributed by atoms with Gasteiger partial charge >= 0.3 is 0 Å². The second kappa shape index (κ2) is 7.06. The lowest BCUT2D eigenvalue weighted by Crippen LogP contribution is -2.24. The molecule has 0 unspecified atom stereocenters. The molecule has 2 aromatic rings. The van der Waals surface area contributed by atoms with Crippen molar-refractivity contribution in [2.45, 2.75) is 33.0 Å². The van der Waals surface area contributed by atoms with E-state index in [2.05, 4.69) is 66.4 Å². The van der Waals surface area contributed by atoms with Crippen molar-refractivity contribution < 1.29 is 0 Å². The molecular weight excluding hydrogens is 246 g/mol. The second-order valence-electron chi connectivity index (χ2n) is 5.34. The van der Waals surface area contributed by atoms with Crippen LogP contribution >= 0.6 is 0 Å². The largest absolute Gasteiger partial charge is 0.368 e. The Labute approximate surface area is 121 Å². The summed E-state index contributed by atoms with van der Waals surface area (Å²) in [5.74, 6) is 0. The Morgan fingerprint density at radius 3 is 2.55 bits per heavy atom. The van der Waals surface area contributed by atoms with Crippen molar-refractivity contribution in [2.75, 3.05) is 11.9 Å². The van der Waals surface area contributed by atoms with Crippen molar-refractivity contribution in [1.82, 2.24) is 10.3 Å². The molecule has 0 spiro atoms. The molecule has 0 saturated heterocycles. The van der Waals surface area contributed by atoms with Gasteiger partial charge in [-0.3, -0.25) is 4.98 Å². The van der Waals surface area contributed by atoms with Gasteiger partial charge in [0.05, 0.1) is 12.2 Å². The smallest absolute Gasteiger partial charge is 0.0598 e. The third kappa shape index (κ3) is 4.07. The third-order valence-electron chi connectivity index (χ3n) is 3.23. The molecular formula is C17H23N3. The van der Waals surface area contributed by atoms with Crippen LogP contribution in [-0.2, 0) is 13.1 Å². The molecule has 0 fully saturated rings. The van der Waals surface area contributed by atoms with Gasteiger partial charge in [-0.05, 0) is 23.8 Å². The average Bonchev–Trinajstić information content (AvgIpc) is 2.46. The molecule has 20 heavy (non-hydrogen) atoms. The van der Waals surface area contributed by atoms with Gasteiger partial charge in [0.25, 0.3) is 0 Å². The Morgan fingerprint density at radius 2 is 1.85 bits per heavy atom. The molecule has 1 aromatic carbocycles. The van der Waals surface area contributed by atoms with Gasteiger partial charge in [0.2, 0.25) is 0 Å². The highest BCUT2D eigenvalue weighted by Gasteiger charge is 2.08. The van der Waals surface area contributed by atoms with Gasteiger partial charge in [0, 0.05) is 31.5 Å². The Kier molecular flexibility index (Phi) is 5.13. The van der Waals surface area contributed by atoms with E-state index in [-0.39, 0.29) is 0 Å². The van der Waals surface area contributed by atoms with Crippen molar-refractivity contribution in [3.8, 4) is 0 Å². The minimum atomic E-state index is 0.490. The first kappa shape index (κ1) is 14.5. The van der Waals surface area contributed by atoms with E-state index < -0.39 is 0 Å². The first-order valence-corrected chi connectivity index (χ1v) is 7.09. The number of benzene rings is 1. The highest BCUT2D eigenvalue weighted by atomic mass is 15.1. The fourth-order valence-electron chi connectivity index (χ4n) is 2.17. The van der Waals surface area contributed by atoms with Gasteiger partial charge in [-0.25, -0.2) is 0 Å². The van der Waals surface area contributed by atoms with E-state index in [9.17, 15) is 0 Å². The number of nitrogens with one attached hydrogen (secondary N) is 1. The lowest BCUT2D eigenvalue weighted by molar-refractivity contribution is 0.588. The van der Waals surface area contributed by atoms with Crippen LogP contribution in [0.4, 0.5) is 5.69 Å². The summed E-state index contributed by atoms with van der Waals surface area (Å²) in [5.41, 5.74) is 3.66. The topological polar surface area (TPSA) is 28.2 Å². The van der Waals surface area contributed by atoms with Gasteiger partial charge < -0.3 is 10.2 Å². The summed E-state index contributed by atoms with van der Waals surface area (Å²) in [6.07, 6.45) is 1.84. The van der Waals surface area contributed by atoms with E-state index in [1.165, 1.54) is 11.3 Å². The molecule has 1 aromatic heterocycles. The molecule has 1 N–H and O–H groups in total. The van der Waals surface area contributed by atoms with Crippen molar-refractivity contribution >= 4 is 5.69 Å². The molecule has 0 amide bonds. The monoisotopic (exact) mass is 269 g/mol. The van der Waals surface area contributed by atoms with Crippen LogP contribution in [0.15, 0.2) is 48.7 Å². The molecule has 3 heteroatoms. The van der Waals surface area contributed by atoms with Crippen LogP contribution in [0.3, 0.4) is 0 Å². The van der Waals surface area contributed by atoms with E-state index in [0.717, 1.165) is 18.8 Å². The molecule has 1 heterocycles. The van der Waals surface area contributed by atoms with Crippen LogP contribution in [0, 0.1) is 0 Å². The maximum atomic E-state index is 4.39. The molecule has 0 aliphatic rings. The minimum Gasteiger partial charge on any atom is -0.368 e. The number of hydrogen-bond donors (Lipinski definition) is 1. The molecule has 0 atom stereocenters. The van der Waals surface area contributed by atoms with Crippen LogP contribution in [0.2, 0.25) is 0 Å². The lowest BCUT2D eigenvalue weighted by atomic mass is 10.1. The fourth-order valence-corrected chi connectivity index (χ4v) is 2.17. The van der Waals surface area contributed by atoms with Gasteiger partial charge in [-0.2, -0.15) is 0 Å². The Bertz CT molecular complexity index is 523. The summed E-state index contributed by atoms with van der Waals surface area (Å²) in [4.78, 5) is 6.64. The van der Waals surface area contributed by atoms with Crippen molar-refractivity contribution in [2.24, 2.45) is 0 Å². The summed E-state index contributed by atoms with van der Waals surface area (Å²) in [5, 5.41) is 3.48. The van der Waals surface area contributed by atoms with Crippen LogP contribution in [0.1, 0.15) is 25.1 Å². The summed E-state index contributed by atoms with van der Waals surface area (Å²) in [6, 6.07) is 15.1. The maximum absolute atomic E-state index is 4.39. The molecule has 3 nitrogen and oxygen atoms in total. The molecule has 0 aliphatic carbocycles. The Balaban J connectivity index is 2.11. The average molecular weight is 269 g/mol. The zero-order chi connectivity index (χ0) is 14.4. The van der Waals surface area contributed by atoms with Crippen LogP contribution in [0.25, 0.3) is 0 Å². The summed E-state index contributed by atoms with van der Waals surface area (Å²) < 4.78 is 0. The quantitative estimate of drug-likeness (QED) is 0.872. The maximum Gasteiger partial charge on any atom is 0.0598 e. The number of anilines is 1. The summed E-state index contributed by atoms with van der Waals surface area (Å²) in [6.45, 7) is 6.04. The SMILES string of the molecule is CC(C)NCc1ccccc1N(C)Cc1ccccn1. The van der Waals surface area contributed by atoms with E-state index in [0.29, 0.717) is 6.04 Å². The summed E-state index contributed by atoms with van der Waals surface area (Å²) >= 11 is 0. The van der Waals surface area contributed by atoms with E-state index in [1.54, 1.807) is 0 Å². The molecule has 0 radical (unpaired) electrons. The van der Waals surface area contributed by atoms with E-state index in [4.69, 9.17) is 0 Å². The number of nitrogens with zero attached hydrogens (tertiary/aromatic N) is 2. The zero-order valence-corrected chi connectivity index (χ0v) is 12.5. The predicted octanol–water partition coefficient (Wildman–Crippen LogP) is 3.22. The molecule has 0 bridgehead atoms. The molecule has 0 saturated carbocycles. The first-order chi connectivity index (χ1) is 9.66. The lowest BCUT2D eigenvalue weighted by Gasteiger charge is -2.23. The number of rotatable bonds is 6. The van der Waals surface area contributed by atoms with Gasteiger partial charge in [-0.1, -0.05) is 38.1 Å². The first-order valence-electron chi connectivity index (χ1n) is 7.09. The van der Waals surface area contributed by atoms with E-state index >= 15 is 0 Å².